The highest BCUT2D eigenvalue weighted by Crippen LogP contribution is 2.62. The van der Waals surface area contributed by atoms with Gasteiger partial charge < -0.3 is 0 Å². The van der Waals surface area contributed by atoms with Gasteiger partial charge in [-0.2, -0.15) is 0 Å². The zero-order valence-electron chi connectivity index (χ0n) is 17.3. The van der Waals surface area contributed by atoms with Crippen LogP contribution in [-0.2, 0) is 0 Å². The highest BCUT2D eigenvalue weighted by molar-refractivity contribution is 6.53. The first-order chi connectivity index (χ1) is 14.2. The standard InChI is InChI=1S/C27H30N2/c1-18-26(27-15-19-12-20(16-27)14-21(13-19)17-27)29-25(23-10-6-3-7-11-23)24(28-18)22-8-4-2-5-9-22/h2-11,18-21,26H,12-17H2,1H3. The molecular weight excluding hydrogens is 352 g/mol. The molecule has 0 N–H and O–H groups in total. The molecule has 0 aromatic heterocycles. The zero-order chi connectivity index (χ0) is 19.4. The summed E-state index contributed by atoms with van der Waals surface area (Å²) in [5.74, 6) is 2.84. The Labute approximate surface area is 174 Å². The molecule has 148 valence electrons. The fraction of sp³-hybridized carbons (Fsp3) is 0.481. The summed E-state index contributed by atoms with van der Waals surface area (Å²) in [5, 5.41) is 0. The molecule has 1 aliphatic heterocycles. The lowest BCUT2D eigenvalue weighted by Crippen LogP contribution is -2.55. The molecule has 2 unspecified atom stereocenters. The molecule has 2 aromatic rings. The maximum absolute atomic E-state index is 5.57. The normalized spacial score (nSPS) is 37.9. The molecule has 2 nitrogen and oxygen atoms in total. The van der Waals surface area contributed by atoms with E-state index in [-0.39, 0.29) is 6.04 Å². The third kappa shape index (κ3) is 2.91. The molecular formula is C27H30N2. The second kappa shape index (κ2) is 6.65. The van der Waals surface area contributed by atoms with E-state index >= 15 is 0 Å². The van der Waals surface area contributed by atoms with Crippen molar-refractivity contribution in [3.63, 3.8) is 0 Å². The molecule has 5 aliphatic rings. The van der Waals surface area contributed by atoms with Gasteiger partial charge in [0.2, 0.25) is 0 Å². The van der Waals surface area contributed by atoms with Gasteiger partial charge in [-0.3, -0.25) is 9.98 Å². The van der Waals surface area contributed by atoms with Crippen LogP contribution in [0.3, 0.4) is 0 Å². The summed E-state index contributed by atoms with van der Waals surface area (Å²) < 4.78 is 0. The van der Waals surface area contributed by atoms with Crippen molar-refractivity contribution in [2.24, 2.45) is 33.2 Å². The van der Waals surface area contributed by atoms with Crippen LogP contribution in [-0.4, -0.2) is 23.5 Å². The molecule has 0 spiro atoms. The van der Waals surface area contributed by atoms with Gasteiger partial charge in [0.1, 0.15) is 0 Å². The summed E-state index contributed by atoms with van der Waals surface area (Å²) >= 11 is 0. The first-order valence-electron chi connectivity index (χ1n) is 11.5. The Hall–Kier alpha value is -2.22. The minimum absolute atomic E-state index is 0.258. The first kappa shape index (κ1) is 17.6. The number of rotatable bonds is 3. The fourth-order valence-corrected chi connectivity index (χ4v) is 7.45. The van der Waals surface area contributed by atoms with E-state index in [0.29, 0.717) is 11.5 Å². The summed E-state index contributed by atoms with van der Waals surface area (Å²) in [7, 11) is 0. The largest absolute Gasteiger partial charge is 0.277 e. The average molecular weight is 383 g/mol. The minimum atomic E-state index is 0.258. The highest BCUT2D eigenvalue weighted by Gasteiger charge is 2.56. The van der Waals surface area contributed by atoms with Crippen LogP contribution in [0.1, 0.15) is 56.6 Å². The maximum Gasteiger partial charge on any atom is 0.0909 e. The summed E-state index contributed by atoms with van der Waals surface area (Å²) in [6.45, 7) is 2.32. The smallest absolute Gasteiger partial charge is 0.0909 e. The van der Waals surface area contributed by atoms with Gasteiger partial charge in [-0.25, -0.2) is 0 Å². The Morgan fingerprint density at radius 2 is 1.10 bits per heavy atom. The Bertz CT molecular complexity index is 921. The molecule has 4 saturated carbocycles. The van der Waals surface area contributed by atoms with Crippen LogP contribution >= 0.6 is 0 Å². The highest BCUT2D eigenvalue weighted by atomic mass is 15.0. The second-order valence-corrected chi connectivity index (χ2v) is 10.2. The van der Waals surface area contributed by atoms with Gasteiger partial charge in [-0.15, -0.1) is 0 Å². The van der Waals surface area contributed by atoms with E-state index in [9.17, 15) is 0 Å². The predicted octanol–water partition coefficient (Wildman–Crippen LogP) is 5.95. The van der Waals surface area contributed by atoms with Crippen molar-refractivity contribution >= 4 is 11.4 Å². The molecule has 7 rings (SSSR count). The van der Waals surface area contributed by atoms with Crippen LogP contribution < -0.4 is 0 Å². The van der Waals surface area contributed by atoms with E-state index in [0.717, 1.165) is 29.2 Å². The van der Waals surface area contributed by atoms with Crippen molar-refractivity contribution < 1.29 is 0 Å². The summed E-state index contributed by atoms with van der Waals surface area (Å²) in [6.07, 6.45) is 8.59. The number of aliphatic imine (C=N–C) groups is 2. The predicted molar refractivity (Wildman–Crippen MR) is 120 cm³/mol. The molecule has 4 fully saturated rings. The maximum atomic E-state index is 5.57. The molecule has 0 amide bonds. The van der Waals surface area contributed by atoms with Gasteiger partial charge in [0.05, 0.1) is 23.5 Å². The van der Waals surface area contributed by atoms with Crippen LogP contribution in [0.25, 0.3) is 0 Å². The Morgan fingerprint density at radius 1 is 0.655 bits per heavy atom. The van der Waals surface area contributed by atoms with Crippen molar-refractivity contribution in [1.82, 2.24) is 0 Å². The number of hydrogen-bond acceptors (Lipinski definition) is 2. The molecule has 29 heavy (non-hydrogen) atoms. The van der Waals surface area contributed by atoms with Gasteiger partial charge >= 0.3 is 0 Å². The van der Waals surface area contributed by atoms with Crippen molar-refractivity contribution in [3.05, 3.63) is 71.8 Å². The van der Waals surface area contributed by atoms with E-state index in [4.69, 9.17) is 9.98 Å². The summed E-state index contributed by atoms with van der Waals surface area (Å²) in [5.41, 5.74) is 4.96. The van der Waals surface area contributed by atoms with Crippen LogP contribution in [0.2, 0.25) is 0 Å². The van der Waals surface area contributed by atoms with Crippen LogP contribution in [0.4, 0.5) is 0 Å². The number of benzene rings is 2. The van der Waals surface area contributed by atoms with E-state index in [1.54, 1.807) is 0 Å². The minimum Gasteiger partial charge on any atom is -0.277 e. The number of hydrogen-bond donors (Lipinski definition) is 0. The summed E-state index contributed by atoms with van der Waals surface area (Å²) in [4.78, 5) is 10.9. The fourth-order valence-electron chi connectivity index (χ4n) is 7.45. The lowest BCUT2D eigenvalue weighted by Gasteiger charge is -2.59. The van der Waals surface area contributed by atoms with Crippen molar-refractivity contribution in [2.75, 3.05) is 0 Å². The van der Waals surface area contributed by atoms with Crippen LogP contribution in [0.15, 0.2) is 70.6 Å². The Kier molecular flexibility index (Phi) is 4.04. The third-order valence-corrected chi connectivity index (χ3v) is 8.09. The molecule has 2 atom stereocenters. The van der Waals surface area contributed by atoms with Crippen LogP contribution in [0, 0.1) is 23.2 Å². The zero-order valence-corrected chi connectivity index (χ0v) is 17.3. The van der Waals surface area contributed by atoms with Gasteiger partial charge in [-0.1, -0.05) is 60.7 Å². The molecule has 2 heteroatoms. The lowest BCUT2D eigenvalue weighted by atomic mass is 9.47. The molecule has 2 aromatic carbocycles. The quantitative estimate of drug-likeness (QED) is 0.626. The molecule has 4 aliphatic carbocycles. The van der Waals surface area contributed by atoms with Gasteiger partial charge in [-0.05, 0) is 68.6 Å². The molecule has 1 heterocycles. The van der Waals surface area contributed by atoms with E-state index < -0.39 is 0 Å². The van der Waals surface area contributed by atoms with E-state index in [2.05, 4.69) is 67.6 Å². The molecule has 0 saturated heterocycles. The number of nitrogens with zero attached hydrogens (tertiary/aromatic N) is 2. The van der Waals surface area contributed by atoms with E-state index in [1.165, 1.54) is 49.7 Å². The topological polar surface area (TPSA) is 24.7 Å². The lowest BCUT2D eigenvalue weighted by molar-refractivity contribution is -0.0694. The van der Waals surface area contributed by atoms with Crippen LogP contribution in [0.5, 0.6) is 0 Å². The second-order valence-electron chi connectivity index (χ2n) is 10.2. The average Bonchev–Trinajstić information content (AvgIpc) is 2.74. The SMILES string of the molecule is CC1N=C(c2ccccc2)C(c2ccccc2)=NC1C12CC3CC(CC(C3)C1)C2. The van der Waals surface area contributed by atoms with Gasteiger partial charge in [0, 0.05) is 11.1 Å². The molecule has 0 radical (unpaired) electrons. The monoisotopic (exact) mass is 382 g/mol. The Balaban J connectivity index is 1.45. The van der Waals surface area contributed by atoms with E-state index in [1.807, 2.05) is 0 Å². The first-order valence-corrected chi connectivity index (χ1v) is 11.5. The van der Waals surface area contributed by atoms with Gasteiger partial charge in [0.15, 0.2) is 0 Å². The van der Waals surface area contributed by atoms with Crippen molar-refractivity contribution in [1.29, 1.82) is 0 Å². The third-order valence-electron chi connectivity index (χ3n) is 8.09. The Morgan fingerprint density at radius 3 is 1.59 bits per heavy atom. The molecule has 4 bridgehead atoms. The van der Waals surface area contributed by atoms with Crippen molar-refractivity contribution in [3.8, 4) is 0 Å². The van der Waals surface area contributed by atoms with Gasteiger partial charge in [0.25, 0.3) is 0 Å². The summed E-state index contributed by atoms with van der Waals surface area (Å²) in [6, 6.07) is 22.0. The van der Waals surface area contributed by atoms with Crippen molar-refractivity contribution in [2.45, 2.75) is 57.5 Å².